The number of esters is 1. The molecule has 0 bridgehead atoms. The zero-order valence-electron chi connectivity index (χ0n) is 20.7. The molecule has 0 heterocycles. The second-order valence-electron chi connectivity index (χ2n) is 8.64. The SMILES string of the molecule is C=Cc1cc(-c2ccc(OCCCCCC)cc2)ccc1-c1ccc(C(=O)O[C@H](C)CC)cc1. The third-order valence-corrected chi connectivity index (χ3v) is 6.04. The van der Waals surface area contributed by atoms with Crippen molar-refractivity contribution in [3.8, 4) is 28.0 Å². The predicted octanol–water partition coefficient (Wildman–Crippen LogP) is 8.58. The Hall–Kier alpha value is -3.33. The first kappa shape index (κ1) is 25.3. The summed E-state index contributed by atoms with van der Waals surface area (Å²) in [7, 11) is 0. The average molecular weight is 457 g/mol. The molecule has 0 N–H and O–H groups in total. The second kappa shape index (κ2) is 12.8. The number of rotatable bonds is 12. The molecule has 1 atom stereocenters. The number of hydrogen-bond donors (Lipinski definition) is 0. The molecule has 0 saturated carbocycles. The van der Waals surface area contributed by atoms with Crippen molar-refractivity contribution in [2.24, 2.45) is 0 Å². The lowest BCUT2D eigenvalue weighted by molar-refractivity contribution is 0.0334. The first-order valence-electron chi connectivity index (χ1n) is 12.4. The van der Waals surface area contributed by atoms with E-state index in [-0.39, 0.29) is 12.1 Å². The molecule has 0 spiro atoms. The van der Waals surface area contributed by atoms with E-state index in [2.05, 4.69) is 43.8 Å². The molecule has 0 aliphatic carbocycles. The molecule has 34 heavy (non-hydrogen) atoms. The van der Waals surface area contributed by atoms with E-state index in [0.717, 1.165) is 53.0 Å². The van der Waals surface area contributed by atoms with Gasteiger partial charge in [-0.3, -0.25) is 0 Å². The van der Waals surface area contributed by atoms with Gasteiger partial charge in [0.2, 0.25) is 0 Å². The smallest absolute Gasteiger partial charge is 0.338 e. The van der Waals surface area contributed by atoms with Crippen LogP contribution < -0.4 is 4.74 Å². The normalized spacial score (nSPS) is 11.6. The van der Waals surface area contributed by atoms with E-state index in [1.165, 1.54) is 19.3 Å². The number of carbonyl (C=O) groups excluding carboxylic acids is 1. The number of benzene rings is 3. The van der Waals surface area contributed by atoms with Crippen LogP contribution in [0.3, 0.4) is 0 Å². The summed E-state index contributed by atoms with van der Waals surface area (Å²) in [6.07, 6.45) is 7.40. The minimum atomic E-state index is -0.284. The van der Waals surface area contributed by atoms with Gasteiger partial charge in [0.15, 0.2) is 0 Å². The molecule has 0 amide bonds. The van der Waals surface area contributed by atoms with Gasteiger partial charge >= 0.3 is 5.97 Å². The highest BCUT2D eigenvalue weighted by Gasteiger charge is 2.12. The van der Waals surface area contributed by atoms with Crippen LogP contribution in [-0.4, -0.2) is 18.7 Å². The molecule has 0 aromatic heterocycles. The zero-order chi connectivity index (χ0) is 24.3. The lowest BCUT2D eigenvalue weighted by Gasteiger charge is -2.13. The summed E-state index contributed by atoms with van der Waals surface area (Å²) in [6.45, 7) is 10.9. The molecule has 3 aromatic carbocycles. The highest BCUT2D eigenvalue weighted by molar-refractivity contribution is 5.90. The van der Waals surface area contributed by atoms with Gasteiger partial charge in [-0.25, -0.2) is 4.79 Å². The van der Waals surface area contributed by atoms with Gasteiger partial charge in [-0.1, -0.05) is 82.2 Å². The van der Waals surface area contributed by atoms with Gasteiger partial charge in [-0.15, -0.1) is 0 Å². The molecule has 3 rings (SSSR count). The van der Waals surface area contributed by atoms with E-state index in [1.54, 1.807) is 0 Å². The van der Waals surface area contributed by atoms with Gasteiger partial charge in [0.25, 0.3) is 0 Å². The molecule has 3 nitrogen and oxygen atoms in total. The molecule has 0 aliphatic rings. The van der Waals surface area contributed by atoms with E-state index in [9.17, 15) is 4.79 Å². The van der Waals surface area contributed by atoms with Crippen LogP contribution in [0.5, 0.6) is 5.75 Å². The van der Waals surface area contributed by atoms with Crippen LogP contribution in [0.4, 0.5) is 0 Å². The number of hydrogen-bond acceptors (Lipinski definition) is 3. The first-order chi connectivity index (χ1) is 16.5. The maximum absolute atomic E-state index is 12.3. The van der Waals surface area contributed by atoms with Crippen molar-refractivity contribution in [1.29, 1.82) is 0 Å². The van der Waals surface area contributed by atoms with Crippen LogP contribution in [0.2, 0.25) is 0 Å². The van der Waals surface area contributed by atoms with Crippen LogP contribution >= 0.6 is 0 Å². The molecule has 3 heteroatoms. The predicted molar refractivity (Wildman–Crippen MR) is 142 cm³/mol. The van der Waals surface area contributed by atoms with Gasteiger partial charge in [0.05, 0.1) is 18.3 Å². The Morgan fingerprint density at radius 2 is 1.56 bits per heavy atom. The highest BCUT2D eigenvalue weighted by atomic mass is 16.5. The maximum Gasteiger partial charge on any atom is 0.338 e. The van der Waals surface area contributed by atoms with Crippen molar-refractivity contribution in [3.05, 3.63) is 84.4 Å². The van der Waals surface area contributed by atoms with E-state index >= 15 is 0 Å². The van der Waals surface area contributed by atoms with Crippen LogP contribution in [0.15, 0.2) is 73.3 Å². The van der Waals surface area contributed by atoms with Crippen LogP contribution in [-0.2, 0) is 4.74 Å². The lowest BCUT2D eigenvalue weighted by atomic mass is 9.94. The van der Waals surface area contributed by atoms with Gasteiger partial charge in [0, 0.05) is 0 Å². The van der Waals surface area contributed by atoms with Crippen molar-refractivity contribution in [1.82, 2.24) is 0 Å². The minimum absolute atomic E-state index is 0.0847. The fourth-order valence-corrected chi connectivity index (χ4v) is 3.76. The topological polar surface area (TPSA) is 35.5 Å². The Bertz CT molecular complexity index is 1060. The van der Waals surface area contributed by atoms with E-state index < -0.39 is 0 Å². The zero-order valence-corrected chi connectivity index (χ0v) is 20.7. The minimum Gasteiger partial charge on any atom is -0.494 e. The van der Waals surface area contributed by atoms with Gasteiger partial charge in [-0.2, -0.15) is 0 Å². The Balaban J connectivity index is 1.71. The lowest BCUT2D eigenvalue weighted by Crippen LogP contribution is -2.13. The summed E-state index contributed by atoms with van der Waals surface area (Å²) >= 11 is 0. The monoisotopic (exact) mass is 456 g/mol. The Morgan fingerprint density at radius 3 is 2.21 bits per heavy atom. The number of carbonyl (C=O) groups is 1. The van der Waals surface area contributed by atoms with Crippen LogP contribution in [0.1, 0.15) is 68.8 Å². The quantitative estimate of drug-likeness (QED) is 0.202. The summed E-state index contributed by atoms with van der Waals surface area (Å²) in [6, 6.07) is 22.2. The molecular formula is C31H36O3. The Kier molecular flexibility index (Phi) is 9.51. The van der Waals surface area contributed by atoms with Gasteiger partial charge < -0.3 is 9.47 Å². The third-order valence-electron chi connectivity index (χ3n) is 6.04. The molecule has 0 radical (unpaired) electrons. The molecule has 0 unspecified atom stereocenters. The van der Waals surface area contributed by atoms with E-state index in [0.29, 0.717) is 5.56 Å². The summed E-state index contributed by atoms with van der Waals surface area (Å²) in [4.78, 5) is 12.3. The number of unbranched alkanes of at least 4 members (excludes halogenated alkanes) is 3. The summed E-state index contributed by atoms with van der Waals surface area (Å²) in [5.41, 5.74) is 5.98. The molecule has 178 valence electrons. The fraction of sp³-hybridized carbons (Fsp3) is 0.323. The standard InChI is InChI=1S/C31H36O3/c1-5-8-9-10-21-33-29-18-15-25(16-19-29)28-17-20-30(24(7-3)22-28)26-11-13-27(14-12-26)31(32)34-23(4)6-2/h7,11-20,22-23H,3,5-6,8-10,21H2,1-2,4H3/t23-/m1/s1. The van der Waals surface area contributed by atoms with E-state index in [1.807, 2.05) is 56.3 Å². The Morgan fingerprint density at radius 1 is 0.882 bits per heavy atom. The van der Waals surface area contributed by atoms with Crippen LogP contribution in [0.25, 0.3) is 28.3 Å². The summed E-state index contributed by atoms with van der Waals surface area (Å²) in [5, 5.41) is 0. The number of ether oxygens (including phenoxy) is 2. The summed E-state index contributed by atoms with van der Waals surface area (Å²) < 4.78 is 11.3. The van der Waals surface area contributed by atoms with Crippen molar-refractivity contribution >= 4 is 12.0 Å². The molecule has 0 fully saturated rings. The Labute approximate surface area is 204 Å². The van der Waals surface area contributed by atoms with E-state index in [4.69, 9.17) is 9.47 Å². The summed E-state index contributed by atoms with van der Waals surface area (Å²) in [5.74, 6) is 0.626. The average Bonchev–Trinajstić information content (AvgIpc) is 2.88. The highest BCUT2D eigenvalue weighted by Crippen LogP contribution is 2.31. The first-order valence-corrected chi connectivity index (χ1v) is 12.4. The maximum atomic E-state index is 12.3. The van der Waals surface area contributed by atoms with Crippen molar-refractivity contribution in [3.63, 3.8) is 0 Å². The van der Waals surface area contributed by atoms with Crippen molar-refractivity contribution < 1.29 is 14.3 Å². The van der Waals surface area contributed by atoms with Crippen molar-refractivity contribution in [2.45, 2.75) is 59.0 Å². The molecule has 0 saturated heterocycles. The fourth-order valence-electron chi connectivity index (χ4n) is 3.76. The molecular weight excluding hydrogens is 420 g/mol. The molecule has 0 aliphatic heterocycles. The van der Waals surface area contributed by atoms with Crippen molar-refractivity contribution in [2.75, 3.05) is 6.61 Å². The third kappa shape index (κ3) is 6.84. The molecule has 3 aromatic rings. The largest absolute Gasteiger partial charge is 0.494 e. The van der Waals surface area contributed by atoms with Gasteiger partial charge in [-0.05, 0) is 77.9 Å². The van der Waals surface area contributed by atoms with Gasteiger partial charge in [0.1, 0.15) is 5.75 Å². The van der Waals surface area contributed by atoms with Crippen LogP contribution in [0, 0.1) is 0 Å². The second-order valence-corrected chi connectivity index (χ2v) is 8.64.